The number of rotatable bonds is 7. The molecule has 0 unspecified atom stereocenters. The second-order valence-corrected chi connectivity index (χ2v) is 5.33. The Bertz CT molecular complexity index is 811. The minimum atomic E-state index is -0.401. The van der Waals surface area contributed by atoms with Gasteiger partial charge in [0.05, 0.1) is 6.61 Å². The predicted octanol–water partition coefficient (Wildman–Crippen LogP) is 1.48. The van der Waals surface area contributed by atoms with Crippen LogP contribution in [0, 0.1) is 0 Å². The van der Waals surface area contributed by atoms with Gasteiger partial charge in [-0.05, 0) is 17.7 Å². The van der Waals surface area contributed by atoms with E-state index in [1.54, 1.807) is 18.3 Å². The van der Waals surface area contributed by atoms with Crippen molar-refractivity contribution in [2.75, 3.05) is 19.7 Å². The van der Waals surface area contributed by atoms with Gasteiger partial charge in [-0.2, -0.15) is 0 Å². The molecular formula is C17H19N3O3. The van der Waals surface area contributed by atoms with Crippen LogP contribution in [-0.4, -0.2) is 39.3 Å². The summed E-state index contributed by atoms with van der Waals surface area (Å²) in [5.74, 6) is -0.401. The number of hydrogen-bond acceptors (Lipinski definition) is 5. The lowest BCUT2D eigenvalue weighted by atomic mass is 10.2. The molecule has 0 aliphatic carbocycles. The van der Waals surface area contributed by atoms with Crippen LogP contribution >= 0.6 is 0 Å². The Hall–Kier alpha value is -2.44. The van der Waals surface area contributed by atoms with Crippen LogP contribution in [0.4, 0.5) is 0 Å². The molecule has 6 heteroatoms. The molecule has 0 aliphatic heterocycles. The Labute approximate surface area is 133 Å². The van der Waals surface area contributed by atoms with E-state index in [1.165, 1.54) is 10.1 Å². The predicted molar refractivity (Wildman–Crippen MR) is 87.1 cm³/mol. The van der Waals surface area contributed by atoms with Gasteiger partial charge in [0.15, 0.2) is 11.2 Å². The second-order valence-electron chi connectivity index (χ2n) is 5.33. The first-order valence-electron chi connectivity index (χ1n) is 7.59. The van der Waals surface area contributed by atoms with Crippen molar-refractivity contribution >= 4 is 11.2 Å². The molecule has 23 heavy (non-hydrogen) atoms. The molecule has 6 nitrogen and oxygen atoms in total. The van der Waals surface area contributed by atoms with Gasteiger partial charge in [0.25, 0.3) is 0 Å². The first-order valence-corrected chi connectivity index (χ1v) is 7.59. The van der Waals surface area contributed by atoms with Gasteiger partial charge in [-0.15, -0.1) is 0 Å². The zero-order valence-corrected chi connectivity index (χ0v) is 12.8. The number of aliphatic hydroxyl groups excluding tert-OH is 1. The largest absolute Gasteiger partial charge is 0.421 e. The lowest BCUT2D eigenvalue weighted by molar-refractivity contribution is 0.184. The van der Waals surface area contributed by atoms with Gasteiger partial charge in [0.1, 0.15) is 0 Å². The molecule has 0 saturated carbocycles. The van der Waals surface area contributed by atoms with Gasteiger partial charge in [-0.3, -0.25) is 9.47 Å². The molecule has 1 N–H and O–H groups in total. The maximum absolute atomic E-state index is 12.0. The van der Waals surface area contributed by atoms with E-state index in [1.807, 2.05) is 30.3 Å². The number of fused-ring (bicyclic) bond motifs is 1. The van der Waals surface area contributed by atoms with Crippen LogP contribution in [-0.2, 0) is 13.1 Å². The van der Waals surface area contributed by atoms with Crippen LogP contribution in [0.25, 0.3) is 11.2 Å². The average Bonchev–Trinajstić information content (AvgIpc) is 2.89. The minimum absolute atomic E-state index is 0.0755. The quantitative estimate of drug-likeness (QED) is 0.715. The molecule has 0 radical (unpaired) electrons. The number of pyridine rings is 1. The molecule has 2 heterocycles. The first-order chi connectivity index (χ1) is 11.3. The first kappa shape index (κ1) is 15.5. The SMILES string of the molecule is O=c1oc2cccnc2n1CCN(CCO)Cc1ccccc1. The van der Waals surface area contributed by atoms with Crippen molar-refractivity contribution in [2.24, 2.45) is 0 Å². The Morgan fingerprint density at radius 3 is 2.74 bits per heavy atom. The maximum Gasteiger partial charge on any atom is 0.421 e. The third-order valence-electron chi connectivity index (χ3n) is 3.73. The summed E-state index contributed by atoms with van der Waals surface area (Å²) in [6, 6.07) is 13.5. The Balaban J connectivity index is 1.73. The normalized spacial score (nSPS) is 11.4. The Morgan fingerprint density at radius 1 is 1.13 bits per heavy atom. The van der Waals surface area contributed by atoms with Crippen molar-refractivity contribution in [1.29, 1.82) is 0 Å². The zero-order valence-electron chi connectivity index (χ0n) is 12.8. The van der Waals surface area contributed by atoms with E-state index >= 15 is 0 Å². The smallest absolute Gasteiger partial charge is 0.406 e. The molecule has 0 spiro atoms. The van der Waals surface area contributed by atoms with Gasteiger partial charge >= 0.3 is 5.76 Å². The van der Waals surface area contributed by atoms with Gasteiger partial charge in [-0.25, -0.2) is 9.78 Å². The van der Waals surface area contributed by atoms with Crippen molar-refractivity contribution in [3.05, 3.63) is 64.8 Å². The summed E-state index contributed by atoms with van der Waals surface area (Å²) in [6.45, 7) is 2.44. The molecule has 1 aromatic carbocycles. The molecule has 0 bridgehead atoms. The van der Waals surface area contributed by atoms with Gasteiger partial charge in [0.2, 0.25) is 0 Å². The van der Waals surface area contributed by atoms with Crippen molar-refractivity contribution in [3.63, 3.8) is 0 Å². The summed E-state index contributed by atoms with van der Waals surface area (Å²) in [4.78, 5) is 18.3. The van der Waals surface area contributed by atoms with Crippen molar-refractivity contribution in [1.82, 2.24) is 14.5 Å². The monoisotopic (exact) mass is 313 g/mol. The van der Waals surface area contributed by atoms with E-state index in [2.05, 4.69) is 9.88 Å². The molecular weight excluding hydrogens is 294 g/mol. The zero-order chi connectivity index (χ0) is 16.1. The van der Waals surface area contributed by atoms with E-state index < -0.39 is 5.76 Å². The molecule has 3 rings (SSSR count). The molecule has 0 fully saturated rings. The molecule has 0 atom stereocenters. The van der Waals surface area contributed by atoms with Crippen LogP contribution in [0.2, 0.25) is 0 Å². The maximum atomic E-state index is 12.0. The van der Waals surface area contributed by atoms with E-state index in [4.69, 9.17) is 4.42 Å². The van der Waals surface area contributed by atoms with Gasteiger partial charge in [0, 0.05) is 32.4 Å². The number of aromatic nitrogens is 2. The number of benzene rings is 1. The van der Waals surface area contributed by atoms with Crippen molar-refractivity contribution in [2.45, 2.75) is 13.1 Å². The highest BCUT2D eigenvalue weighted by Gasteiger charge is 2.12. The topological polar surface area (TPSA) is 71.5 Å². The molecule has 3 aromatic rings. The molecule has 2 aromatic heterocycles. The summed E-state index contributed by atoms with van der Waals surface area (Å²) in [6.07, 6.45) is 1.64. The number of aliphatic hydroxyl groups is 1. The van der Waals surface area contributed by atoms with Crippen LogP contribution in [0.3, 0.4) is 0 Å². The van der Waals surface area contributed by atoms with Crippen molar-refractivity contribution < 1.29 is 9.52 Å². The Kier molecular flexibility index (Phi) is 4.85. The fraction of sp³-hybridized carbons (Fsp3) is 0.294. The average molecular weight is 313 g/mol. The summed E-state index contributed by atoms with van der Waals surface area (Å²) >= 11 is 0. The lowest BCUT2D eigenvalue weighted by Crippen LogP contribution is -2.31. The summed E-state index contributed by atoms with van der Waals surface area (Å²) < 4.78 is 6.72. The van der Waals surface area contributed by atoms with E-state index in [-0.39, 0.29) is 6.61 Å². The summed E-state index contributed by atoms with van der Waals surface area (Å²) in [5.41, 5.74) is 2.22. The fourth-order valence-corrected chi connectivity index (χ4v) is 2.59. The van der Waals surface area contributed by atoms with Crippen molar-refractivity contribution in [3.8, 4) is 0 Å². The summed E-state index contributed by atoms with van der Waals surface area (Å²) in [7, 11) is 0. The Morgan fingerprint density at radius 2 is 1.96 bits per heavy atom. The molecule has 0 amide bonds. The molecule has 120 valence electrons. The van der Waals surface area contributed by atoms with Crippen LogP contribution in [0.15, 0.2) is 57.9 Å². The fourth-order valence-electron chi connectivity index (χ4n) is 2.59. The third-order valence-corrected chi connectivity index (χ3v) is 3.73. The van der Waals surface area contributed by atoms with Crippen LogP contribution in [0.5, 0.6) is 0 Å². The van der Waals surface area contributed by atoms with Crippen LogP contribution in [0.1, 0.15) is 5.56 Å². The molecule has 0 aliphatic rings. The van der Waals surface area contributed by atoms with Crippen LogP contribution < -0.4 is 5.76 Å². The lowest BCUT2D eigenvalue weighted by Gasteiger charge is -2.21. The van der Waals surface area contributed by atoms with E-state index in [9.17, 15) is 9.90 Å². The highest BCUT2D eigenvalue weighted by atomic mass is 16.4. The van der Waals surface area contributed by atoms with Gasteiger partial charge in [-0.1, -0.05) is 30.3 Å². The van der Waals surface area contributed by atoms with Gasteiger partial charge < -0.3 is 9.52 Å². The summed E-state index contributed by atoms with van der Waals surface area (Å²) in [5, 5.41) is 9.26. The van der Waals surface area contributed by atoms with E-state index in [0.717, 1.165) is 6.54 Å². The third kappa shape index (κ3) is 3.67. The minimum Gasteiger partial charge on any atom is -0.406 e. The standard InChI is InChI=1S/C17H19N3O3/c21-12-11-19(13-14-5-2-1-3-6-14)9-10-20-16-15(23-17(20)22)7-4-8-18-16/h1-8,21H,9-13H2. The number of hydrogen-bond donors (Lipinski definition) is 1. The number of nitrogens with zero attached hydrogens (tertiary/aromatic N) is 3. The highest BCUT2D eigenvalue weighted by Crippen LogP contribution is 2.09. The second kappa shape index (κ2) is 7.21. The molecule has 0 saturated heterocycles. The number of oxazole rings is 1. The highest BCUT2D eigenvalue weighted by molar-refractivity contribution is 5.67. The van der Waals surface area contributed by atoms with E-state index in [0.29, 0.717) is 30.9 Å².